The number of carboxylic acids is 1. The minimum Gasteiger partial charge on any atom is -0.477 e. The highest BCUT2D eigenvalue weighted by Gasteiger charge is 2.22. The Morgan fingerprint density at radius 3 is 2.89 bits per heavy atom. The lowest BCUT2D eigenvalue weighted by Crippen LogP contribution is -2.41. The molecule has 5 nitrogen and oxygen atoms in total. The van der Waals surface area contributed by atoms with Crippen LogP contribution in [0.5, 0.6) is 0 Å². The molecule has 0 aromatic heterocycles. The van der Waals surface area contributed by atoms with Gasteiger partial charge >= 0.3 is 5.97 Å². The van der Waals surface area contributed by atoms with Gasteiger partial charge < -0.3 is 15.7 Å². The SMILES string of the molecule is O=C(Cc1cccc(Cl)c1)NC1NC(C(=O)O)=CS1. The number of rotatable bonds is 4. The van der Waals surface area contributed by atoms with Gasteiger partial charge in [-0.05, 0) is 17.7 Å². The van der Waals surface area contributed by atoms with Crippen molar-refractivity contribution in [2.45, 2.75) is 11.9 Å². The quantitative estimate of drug-likeness (QED) is 0.786. The van der Waals surface area contributed by atoms with Crippen molar-refractivity contribution in [2.75, 3.05) is 0 Å². The van der Waals surface area contributed by atoms with E-state index in [9.17, 15) is 9.59 Å². The Morgan fingerprint density at radius 1 is 1.47 bits per heavy atom. The number of carbonyl (C=O) groups is 2. The molecule has 1 aromatic carbocycles. The molecule has 0 aliphatic carbocycles. The molecule has 100 valence electrons. The van der Waals surface area contributed by atoms with E-state index in [1.165, 1.54) is 17.2 Å². The summed E-state index contributed by atoms with van der Waals surface area (Å²) in [6.07, 6.45) is 0.196. The summed E-state index contributed by atoms with van der Waals surface area (Å²) in [5.41, 5.74) is 0.440. The Hall–Kier alpha value is -1.66. The first-order valence-electron chi connectivity index (χ1n) is 5.44. The molecule has 0 bridgehead atoms. The van der Waals surface area contributed by atoms with Crippen LogP contribution in [0.25, 0.3) is 0 Å². The minimum absolute atomic E-state index is 0.0815. The molecular weight excluding hydrogens is 288 g/mol. The van der Waals surface area contributed by atoms with E-state index in [1.54, 1.807) is 18.2 Å². The van der Waals surface area contributed by atoms with E-state index < -0.39 is 11.5 Å². The lowest BCUT2D eigenvalue weighted by Gasteiger charge is -2.13. The van der Waals surface area contributed by atoms with E-state index in [4.69, 9.17) is 16.7 Å². The highest BCUT2D eigenvalue weighted by Crippen LogP contribution is 2.19. The third kappa shape index (κ3) is 3.90. The van der Waals surface area contributed by atoms with Crippen LogP contribution in [0.3, 0.4) is 0 Å². The molecule has 19 heavy (non-hydrogen) atoms. The number of thioether (sulfide) groups is 1. The molecule has 0 saturated heterocycles. The van der Waals surface area contributed by atoms with Gasteiger partial charge in [-0.3, -0.25) is 4.79 Å². The Balaban J connectivity index is 1.85. The predicted molar refractivity (Wildman–Crippen MR) is 73.5 cm³/mol. The smallest absolute Gasteiger partial charge is 0.352 e. The second kappa shape index (κ2) is 5.99. The van der Waals surface area contributed by atoms with Gasteiger partial charge in [0.25, 0.3) is 0 Å². The van der Waals surface area contributed by atoms with Crippen LogP contribution in [0.15, 0.2) is 35.4 Å². The Kier molecular flexibility index (Phi) is 4.34. The molecule has 0 spiro atoms. The average molecular weight is 299 g/mol. The summed E-state index contributed by atoms with van der Waals surface area (Å²) in [5, 5.41) is 16.2. The molecule has 1 unspecified atom stereocenters. The first kappa shape index (κ1) is 13.8. The topological polar surface area (TPSA) is 78.4 Å². The minimum atomic E-state index is -1.04. The van der Waals surface area contributed by atoms with Gasteiger partial charge in [0.2, 0.25) is 5.91 Å². The molecule has 3 N–H and O–H groups in total. The molecule has 0 radical (unpaired) electrons. The van der Waals surface area contributed by atoms with Crippen molar-refractivity contribution in [2.24, 2.45) is 0 Å². The van der Waals surface area contributed by atoms with Crippen LogP contribution >= 0.6 is 23.4 Å². The zero-order valence-electron chi connectivity index (χ0n) is 9.72. The maximum Gasteiger partial charge on any atom is 0.352 e. The molecule has 0 fully saturated rings. The zero-order valence-corrected chi connectivity index (χ0v) is 11.3. The van der Waals surface area contributed by atoms with Crippen LogP contribution in [-0.4, -0.2) is 22.5 Å². The summed E-state index contributed by atoms with van der Waals surface area (Å²) in [4.78, 5) is 22.5. The van der Waals surface area contributed by atoms with Crippen LogP contribution in [0, 0.1) is 0 Å². The molecular formula is C12H11ClN2O3S. The van der Waals surface area contributed by atoms with Gasteiger partial charge in [0.15, 0.2) is 5.50 Å². The summed E-state index contributed by atoms with van der Waals surface area (Å²) < 4.78 is 0. The molecule has 2 rings (SSSR count). The summed E-state index contributed by atoms with van der Waals surface area (Å²) in [6, 6.07) is 7.04. The second-order valence-electron chi connectivity index (χ2n) is 3.87. The standard InChI is InChI=1S/C12H11ClN2O3S/c13-8-3-1-2-7(4-8)5-10(16)15-12-14-9(6-19-12)11(17)18/h1-4,6,12,14H,5H2,(H,15,16)(H,17,18). The lowest BCUT2D eigenvalue weighted by molar-refractivity contribution is -0.133. The fourth-order valence-corrected chi connectivity index (χ4v) is 2.61. The maximum absolute atomic E-state index is 11.8. The third-order valence-corrected chi connectivity index (χ3v) is 3.50. The van der Waals surface area contributed by atoms with Crippen molar-refractivity contribution in [3.63, 3.8) is 0 Å². The van der Waals surface area contributed by atoms with Crippen LogP contribution in [0.2, 0.25) is 5.02 Å². The molecule has 0 saturated carbocycles. The summed E-state index contributed by atoms with van der Waals surface area (Å²) in [7, 11) is 0. The number of hydrogen-bond donors (Lipinski definition) is 3. The van der Waals surface area contributed by atoms with Crippen molar-refractivity contribution in [1.29, 1.82) is 0 Å². The van der Waals surface area contributed by atoms with E-state index in [0.717, 1.165) is 5.56 Å². The molecule has 7 heteroatoms. The van der Waals surface area contributed by atoms with Crippen molar-refractivity contribution >= 4 is 35.2 Å². The fraction of sp³-hybridized carbons (Fsp3) is 0.167. The number of carboxylic acid groups (broad SMARTS) is 1. The monoisotopic (exact) mass is 298 g/mol. The highest BCUT2D eigenvalue weighted by molar-refractivity contribution is 8.03. The van der Waals surface area contributed by atoms with Gasteiger partial charge in [-0.25, -0.2) is 4.79 Å². The Bertz CT molecular complexity index is 548. The average Bonchev–Trinajstić information content (AvgIpc) is 2.77. The third-order valence-electron chi connectivity index (χ3n) is 2.38. The fourth-order valence-electron chi connectivity index (χ4n) is 1.56. The highest BCUT2D eigenvalue weighted by atomic mass is 35.5. The second-order valence-corrected chi connectivity index (χ2v) is 5.29. The number of nitrogens with one attached hydrogen (secondary N) is 2. The predicted octanol–water partition coefficient (Wildman–Crippen LogP) is 1.54. The summed E-state index contributed by atoms with van der Waals surface area (Å²) in [5.74, 6) is -1.24. The molecule has 1 heterocycles. The number of halogens is 1. The van der Waals surface area contributed by atoms with E-state index in [0.29, 0.717) is 5.02 Å². The van der Waals surface area contributed by atoms with E-state index in [-0.39, 0.29) is 18.0 Å². The molecule has 1 aliphatic heterocycles. The zero-order chi connectivity index (χ0) is 13.8. The van der Waals surface area contributed by atoms with Crippen molar-refractivity contribution in [3.8, 4) is 0 Å². The lowest BCUT2D eigenvalue weighted by atomic mass is 10.1. The van der Waals surface area contributed by atoms with E-state index in [1.807, 2.05) is 6.07 Å². The Morgan fingerprint density at radius 2 is 2.26 bits per heavy atom. The van der Waals surface area contributed by atoms with Gasteiger partial charge in [0.05, 0.1) is 6.42 Å². The Labute approximate surface area is 119 Å². The van der Waals surface area contributed by atoms with Gasteiger partial charge in [0.1, 0.15) is 5.70 Å². The van der Waals surface area contributed by atoms with Crippen molar-refractivity contribution in [1.82, 2.24) is 10.6 Å². The number of aliphatic carboxylic acids is 1. The van der Waals surface area contributed by atoms with Crippen LogP contribution in [0.4, 0.5) is 0 Å². The van der Waals surface area contributed by atoms with Gasteiger partial charge in [-0.15, -0.1) is 0 Å². The van der Waals surface area contributed by atoms with Gasteiger partial charge in [-0.2, -0.15) is 0 Å². The van der Waals surface area contributed by atoms with Gasteiger partial charge in [0, 0.05) is 10.4 Å². The number of benzene rings is 1. The van der Waals surface area contributed by atoms with E-state index in [2.05, 4.69) is 10.6 Å². The normalized spacial score (nSPS) is 17.5. The van der Waals surface area contributed by atoms with Crippen LogP contribution in [-0.2, 0) is 16.0 Å². The first-order chi connectivity index (χ1) is 9.04. The molecule has 1 atom stereocenters. The van der Waals surface area contributed by atoms with Crippen LogP contribution < -0.4 is 10.6 Å². The first-order valence-corrected chi connectivity index (χ1v) is 6.76. The summed E-state index contributed by atoms with van der Waals surface area (Å²) in [6.45, 7) is 0. The van der Waals surface area contributed by atoms with E-state index >= 15 is 0 Å². The number of hydrogen-bond acceptors (Lipinski definition) is 4. The molecule has 1 aromatic rings. The number of amides is 1. The van der Waals surface area contributed by atoms with Crippen LogP contribution in [0.1, 0.15) is 5.56 Å². The maximum atomic E-state index is 11.8. The molecule has 1 amide bonds. The molecule has 1 aliphatic rings. The largest absolute Gasteiger partial charge is 0.477 e. The van der Waals surface area contributed by atoms with Crippen molar-refractivity contribution in [3.05, 3.63) is 46.0 Å². The summed E-state index contributed by atoms with van der Waals surface area (Å²) >= 11 is 7.04. The number of carbonyl (C=O) groups excluding carboxylic acids is 1. The van der Waals surface area contributed by atoms with Gasteiger partial charge in [-0.1, -0.05) is 35.5 Å². The van der Waals surface area contributed by atoms with Crippen molar-refractivity contribution < 1.29 is 14.7 Å².